The van der Waals surface area contributed by atoms with E-state index in [9.17, 15) is 28.8 Å². The third-order valence-corrected chi connectivity index (χ3v) is 11.9. The van der Waals surface area contributed by atoms with Crippen LogP contribution in [0.4, 0.5) is 16.5 Å². The molecule has 0 spiro atoms. The van der Waals surface area contributed by atoms with Crippen molar-refractivity contribution in [2.75, 3.05) is 35.2 Å². The molecule has 0 radical (unpaired) electrons. The van der Waals surface area contributed by atoms with Gasteiger partial charge in [0.05, 0.1) is 29.8 Å². The van der Waals surface area contributed by atoms with E-state index in [2.05, 4.69) is 28.9 Å². The van der Waals surface area contributed by atoms with Crippen LogP contribution in [0.3, 0.4) is 0 Å². The molecule has 0 bridgehead atoms. The molecule has 2 unspecified atom stereocenters. The highest BCUT2D eigenvalue weighted by Crippen LogP contribution is 2.39. The number of rotatable bonds is 14. The van der Waals surface area contributed by atoms with Gasteiger partial charge < -0.3 is 20.3 Å². The first-order valence-corrected chi connectivity index (χ1v) is 20.4. The molecule has 3 aliphatic heterocycles. The highest BCUT2D eigenvalue weighted by atomic mass is 32.1. The summed E-state index contributed by atoms with van der Waals surface area (Å²) in [5.74, 6) is -0.822. The summed E-state index contributed by atoms with van der Waals surface area (Å²) < 4.78 is 6.06. The number of amides is 6. The number of carbonyl (C=O) groups is 6. The smallest absolute Gasteiger partial charge is 0.262 e. The summed E-state index contributed by atoms with van der Waals surface area (Å²) in [6.45, 7) is 6.00. The molecule has 1 aromatic heterocycles. The average molecular weight is 789 g/mol. The molecular formula is C43H44N6O7S. The molecule has 2 atom stereocenters. The molecule has 3 N–H and O–H groups in total. The van der Waals surface area contributed by atoms with Gasteiger partial charge in [0.15, 0.2) is 5.13 Å². The fraction of sp³-hybridized carbons (Fsp3) is 0.372. The van der Waals surface area contributed by atoms with Crippen molar-refractivity contribution in [1.82, 2.24) is 15.2 Å². The van der Waals surface area contributed by atoms with Crippen molar-refractivity contribution >= 4 is 63.3 Å². The van der Waals surface area contributed by atoms with Crippen LogP contribution < -0.4 is 25.6 Å². The summed E-state index contributed by atoms with van der Waals surface area (Å²) in [5.41, 5.74) is 5.99. The van der Waals surface area contributed by atoms with Gasteiger partial charge in [0, 0.05) is 47.2 Å². The topological polar surface area (TPSA) is 167 Å². The number of hydrogen-bond donors (Lipinski definition) is 3. The zero-order valence-corrected chi connectivity index (χ0v) is 32.7. The average Bonchev–Trinajstić information content (AvgIpc) is 3.79. The molecule has 1 aliphatic carbocycles. The van der Waals surface area contributed by atoms with Crippen molar-refractivity contribution in [2.24, 2.45) is 11.8 Å². The normalized spacial score (nSPS) is 18.0. The second-order valence-electron chi connectivity index (χ2n) is 15.3. The minimum Gasteiger partial charge on any atom is -0.494 e. The van der Waals surface area contributed by atoms with Crippen molar-refractivity contribution in [2.45, 2.75) is 71.3 Å². The number of thiazole rings is 1. The van der Waals surface area contributed by atoms with Gasteiger partial charge in [-0.1, -0.05) is 25.1 Å². The maximum absolute atomic E-state index is 13.1. The number of anilines is 3. The number of benzene rings is 3. The molecule has 13 nitrogen and oxygen atoms in total. The van der Waals surface area contributed by atoms with Gasteiger partial charge >= 0.3 is 0 Å². The minimum atomic E-state index is -0.995. The Balaban J connectivity index is 0.776. The number of aromatic nitrogens is 1. The number of nitrogens with zero attached hydrogens (tertiary/aromatic N) is 3. The van der Waals surface area contributed by atoms with E-state index in [0.29, 0.717) is 35.6 Å². The van der Waals surface area contributed by atoms with E-state index in [1.54, 1.807) is 18.2 Å². The number of ether oxygens (including phenoxy) is 1. The highest BCUT2D eigenvalue weighted by Gasteiger charge is 2.44. The first-order valence-electron chi connectivity index (χ1n) is 19.6. The maximum Gasteiger partial charge on any atom is 0.262 e. The Kier molecular flexibility index (Phi) is 10.6. The lowest BCUT2D eigenvalue weighted by Gasteiger charge is -2.27. The van der Waals surface area contributed by atoms with Gasteiger partial charge in [-0.3, -0.25) is 39.0 Å². The van der Waals surface area contributed by atoms with Crippen LogP contribution in [0.25, 0.3) is 11.3 Å². The summed E-state index contributed by atoms with van der Waals surface area (Å²) in [5, 5.41) is 9.06. The van der Waals surface area contributed by atoms with E-state index >= 15 is 0 Å². The monoisotopic (exact) mass is 788 g/mol. The fourth-order valence-electron chi connectivity index (χ4n) is 7.71. The van der Waals surface area contributed by atoms with Gasteiger partial charge in [-0.2, -0.15) is 0 Å². The van der Waals surface area contributed by atoms with Crippen LogP contribution in [0, 0.1) is 18.8 Å². The van der Waals surface area contributed by atoms with Gasteiger partial charge in [-0.25, -0.2) is 4.98 Å². The molecule has 14 heteroatoms. The lowest BCUT2D eigenvalue weighted by molar-refractivity contribution is -0.136. The van der Waals surface area contributed by atoms with Gasteiger partial charge in [0.25, 0.3) is 11.8 Å². The third-order valence-electron chi connectivity index (χ3n) is 11.0. The predicted molar refractivity (Wildman–Crippen MR) is 215 cm³/mol. The van der Waals surface area contributed by atoms with Crippen LogP contribution >= 0.6 is 11.3 Å². The number of aryl methyl sites for hydroxylation is 1. The summed E-state index contributed by atoms with van der Waals surface area (Å²) in [6, 6.07) is 17.7. The van der Waals surface area contributed by atoms with Crippen molar-refractivity contribution in [3.63, 3.8) is 0 Å². The molecule has 4 heterocycles. The maximum atomic E-state index is 13.1. The van der Waals surface area contributed by atoms with Crippen molar-refractivity contribution < 1.29 is 33.5 Å². The SMILES string of the molecule is Cc1sc(NC(=O)Cc2cccc(OCCC(C)CCNc3ccc4c(c3)C(=O)N(C3CCC(=O)NC3=O)C4=O)c2)nc1-c1ccc2c(c1)CCN2C(=O)C1CC1. The van der Waals surface area contributed by atoms with Gasteiger partial charge in [-0.05, 0) is 105 Å². The van der Waals surface area contributed by atoms with Crippen LogP contribution in [0.1, 0.15) is 82.2 Å². The molecule has 4 aliphatic rings. The first kappa shape index (κ1) is 38.0. The van der Waals surface area contributed by atoms with E-state index in [0.717, 1.165) is 76.5 Å². The Morgan fingerprint density at radius 1 is 0.965 bits per heavy atom. The number of imide groups is 2. The standard InChI is InChI=1S/C43H44N6O7S/c1-24(14-17-44-30-9-10-32-33(23-30)42(55)49(41(32)54)35-12-13-36(50)45-39(35)52)16-19-56-31-5-3-4-26(20-31)21-37(51)46-43-47-38(25(2)57-43)29-8-11-34-28(22-29)15-18-48(34)40(53)27-6-7-27/h3-5,8-11,20,22-24,27,35,44H,6-7,12-19,21H2,1-2H3,(H,45,50,52)(H,46,47,51). The number of carbonyl (C=O) groups excluding carboxylic acids is 6. The Morgan fingerprint density at radius 3 is 2.60 bits per heavy atom. The molecule has 4 aromatic rings. The first-order chi connectivity index (χ1) is 27.5. The van der Waals surface area contributed by atoms with E-state index in [4.69, 9.17) is 9.72 Å². The largest absolute Gasteiger partial charge is 0.494 e. The molecule has 8 rings (SSSR count). The second kappa shape index (κ2) is 15.9. The van der Waals surface area contributed by atoms with Crippen LogP contribution in [0.15, 0.2) is 60.7 Å². The summed E-state index contributed by atoms with van der Waals surface area (Å²) >= 11 is 1.44. The van der Waals surface area contributed by atoms with Crippen molar-refractivity contribution in [3.05, 3.63) is 87.8 Å². The van der Waals surface area contributed by atoms with Gasteiger partial charge in [0.2, 0.25) is 23.6 Å². The fourth-order valence-corrected chi connectivity index (χ4v) is 8.56. The highest BCUT2D eigenvalue weighted by molar-refractivity contribution is 7.16. The minimum absolute atomic E-state index is 0.0739. The second-order valence-corrected chi connectivity index (χ2v) is 16.5. The molecule has 6 amide bonds. The van der Waals surface area contributed by atoms with E-state index in [-0.39, 0.29) is 48.1 Å². The molecular weight excluding hydrogens is 745 g/mol. The lowest BCUT2D eigenvalue weighted by Crippen LogP contribution is -2.54. The van der Waals surface area contributed by atoms with E-state index in [1.165, 1.54) is 11.3 Å². The van der Waals surface area contributed by atoms with Gasteiger partial charge in [0.1, 0.15) is 11.8 Å². The molecule has 3 aromatic carbocycles. The third kappa shape index (κ3) is 8.18. The quantitative estimate of drug-likeness (QED) is 0.132. The number of nitrogens with one attached hydrogen (secondary N) is 3. The van der Waals surface area contributed by atoms with Crippen LogP contribution in [0.2, 0.25) is 0 Å². The molecule has 2 fully saturated rings. The molecule has 1 saturated heterocycles. The zero-order chi connectivity index (χ0) is 39.8. The van der Waals surface area contributed by atoms with Crippen LogP contribution in [-0.4, -0.2) is 71.1 Å². The zero-order valence-electron chi connectivity index (χ0n) is 31.9. The predicted octanol–water partition coefficient (Wildman–Crippen LogP) is 5.91. The van der Waals surface area contributed by atoms with Crippen molar-refractivity contribution in [1.29, 1.82) is 0 Å². The Morgan fingerprint density at radius 2 is 1.79 bits per heavy atom. The molecule has 1 saturated carbocycles. The summed E-state index contributed by atoms with van der Waals surface area (Å²) in [4.78, 5) is 84.4. The van der Waals surface area contributed by atoms with E-state index < -0.39 is 29.7 Å². The molecule has 294 valence electrons. The lowest BCUT2D eigenvalue weighted by atomic mass is 10.0. The Bertz CT molecular complexity index is 2300. The Labute approximate surface area is 334 Å². The number of piperidine rings is 1. The van der Waals surface area contributed by atoms with Gasteiger partial charge in [-0.15, -0.1) is 11.3 Å². The van der Waals surface area contributed by atoms with Crippen LogP contribution in [-0.2, 0) is 32.0 Å². The summed E-state index contributed by atoms with van der Waals surface area (Å²) in [7, 11) is 0. The Hall–Kier alpha value is -5.89. The molecule has 57 heavy (non-hydrogen) atoms. The summed E-state index contributed by atoms with van der Waals surface area (Å²) in [6.07, 6.45) is 4.82. The van der Waals surface area contributed by atoms with Crippen LogP contribution in [0.5, 0.6) is 5.75 Å². The van der Waals surface area contributed by atoms with Crippen molar-refractivity contribution in [3.8, 4) is 17.0 Å². The number of hydrogen-bond acceptors (Lipinski definition) is 10. The number of fused-ring (bicyclic) bond motifs is 2. The van der Waals surface area contributed by atoms with E-state index in [1.807, 2.05) is 48.2 Å².